The van der Waals surface area contributed by atoms with E-state index in [0.29, 0.717) is 6.54 Å². The molecule has 3 nitrogen and oxygen atoms in total. The molecule has 110 valence electrons. The van der Waals surface area contributed by atoms with E-state index in [-0.39, 0.29) is 11.3 Å². The van der Waals surface area contributed by atoms with Gasteiger partial charge in [-0.3, -0.25) is 4.79 Å². The summed E-state index contributed by atoms with van der Waals surface area (Å²) in [6.45, 7) is 0.424. The Labute approximate surface area is 133 Å². The predicted octanol–water partition coefficient (Wildman–Crippen LogP) is 4.06. The fourth-order valence-electron chi connectivity index (χ4n) is 3.20. The van der Waals surface area contributed by atoms with Crippen molar-refractivity contribution in [2.24, 2.45) is 11.1 Å². The van der Waals surface area contributed by atoms with Crippen LogP contribution in [0.4, 0.5) is 5.69 Å². The van der Waals surface area contributed by atoms with Gasteiger partial charge in [0, 0.05) is 22.1 Å². The minimum atomic E-state index is -0.381. The van der Waals surface area contributed by atoms with E-state index in [2.05, 4.69) is 21.2 Å². The van der Waals surface area contributed by atoms with E-state index < -0.39 is 0 Å². The van der Waals surface area contributed by atoms with Crippen LogP contribution in [0.2, 0.25) is 0 Å². The molecule has 1 aliphatic rings. The van der Waals surface area contributed by atoms with Gasteiger partial charge >= 0.3 is 0 Å². The number of halogens is 1. The van der Waals surface area contributed by atoms with Crippen LogP contribution >= 0.6 is 15.9 Å². The highest BCUT2D eigenvalue weighted by Gasteiger charge is 2.39. The Morgan fingerprint density at radius 3 is 2.48 bits per heavy atom. The molecule has 2 aromatic carbocycles. The quantitative estimate of drug-likeness (QED) is 0.880. The van der Waals surface area contributed by atoms with Crippen LogP contribution in [-0.2, 0) is 4.79 Å². The Balaban J connectivity index is 1.95. The third-order valence-electron chi connectivity index (χ3n) is 4.55. The lowest BCUT2D eigenvalue weighted by molar-refractivity contribution is -0.124. The van der Waals surface area contributed by atoms with E-state index in [0.717, 1.165) is 46.6 Å². The van der Waals surface area contributed by atoms with Crippen LogP contribution in [0.25, 0.3) is 10.8 Å². The molecular formula is C17H19BrN2O. The maximum atomic E-state index is 12.7. The van der Waals surface area contributed by atoms with Crippen LogP contribution < -0.4 is 11.1 Å². The molecule has 0 bridgehead atoms. The van der Waals surface area contributed by atoms with E-state index in [1.54, 1.807) is 0 Å². The fourth-order valence-corrected chi connectivity index (χ4v) is 3.68. The first-order chi connectivity index (χ1) is 10.2. The lowest BCUT2D eigenvalue weighted by Crippen LogP contribution is -2.40. The number of anilines is 1. The second-order valence-corrected chi connectivity index (χ2v) is 6.64. The standard InChI is InChI=1S/C17H19BrN2O/c18-14-7-8-15(13-6-2-1-5-12(13)14)20-16(21)17(11-19)9-3-4-10-17/h1-2,5-8H,3-4,9-11,19H2,(H,20,21). The molecule has 21 heavy (non-hydrogen) atoms. The highest BCUT2D eigenvalue weighted by molar-refractivity contribution is 9.10. The van der Waals surface area contributed by atoms with Gasteiger partial charge < -0.3 is 11.1 Å². The number of nitrogens with one attached hydrogen (secondary N) is 1. The number of rotatable bonds is 3. The molecule has 0 atom stereocenters. The summed E-state index contributed by atoms with van der Waals surface area (Å²) in [7, 11) is 0. The fraction of sp³-hybridized carbons (Fsp3) is 0.353. The lowest BCUT2D eigenvalue weighted by atomic mass is 9.85. The summed E-state index contributed by atoms with van der Waals surface area (Å²) >= 11 is 3.56. The van der Waals surface area contributed by atoms with Gasteiger partial charge in [-0.05, 0) is 30.4 Å². The van der Waals surface area contributed by atoms with E-state index in [4.69, 9.17) is 5.73 Å². The molecule has 3 rings (SSSR count). The van der Waals surface area contributed by atoms with Crippen molar-refractivity contribution in [3.8, 4) is 0 Å². The third kappa shape index (κ3) is 2.58. The number of carbonyl (C=O) groups excluding carboxylic acids is 1. The van der Waals surface area contributed by atoms with Crippen LogP contribution in [0.5, 0.6) is 0 Å². The molecule has 0 aromatic heterocycles. The van der Waals surface area contributed by atoms with Gasteiger partial charge in [-0.25, -0.2) is 0 Å². The molecular weight excluding hydrogens is 328 g/mol. The molecule has 1 amide bonds. The van der Waals surface area contributed by atoms with Crippen molar-refractivity contribution in [3.63, 3.8) is 0 Å². The molecule has 0 unspecified atom stereocenters. The third-order valence-corrected chi connectivity index (χ3v) is 5.24. The molecule has 0 radical (unpaired) electrons. The number of carbonyl (C=O) groups is 1. The van der Waals surface area contributed by atoms with Crippen molar-refractivity contribution in [2.75, 3.05) is 11.9 Å². The number of benzene rings is 2. The first-order valence-corrected chi connectivity index (χ1v) is 8.14. The smallest absolute Gasteiger partial charge is 0.231 e. The second kappa shape index (κ2) is 5.78. The maximum Gasteiger partial charge on any atom is 0.231 e. The SMILES string of the molecule is NCC1(C(=O)Nc2ccc(Br)c3ccccc23)CCCC1. The molecule has 0 aliphatic heterocycles. The van der Waals surface area contributed by atoms with Crippen LogP contribution in [0.1, 0.15) is 25.7 Å². The molecule has 1 fully saturated rings. The zero-order valence-corrected chi connectivity index (χ0v) is 13.4. The average molecular weight is 347 g/mol. The Morgan fingerprint density at radius 1 is 1.14 bits per heavy atom. The Kier molecular flexibility index (Phi) is 4.00. The summed E-state index contributed by atoms with van der Waals surface area (Å²) in [5.74, 6) is 0.0648. The minimum absolute atomic E-state index is 0.0648. The largest absolute Gasteiger partial charge is 0.329 e. The molecule has 1 aliphatic carbocycles. The van der Waals surface area contributed by atoms with Gasteiger partial charge in [-0.15, -0.1) is 0 Å². The topological polar surface area (TPSA) is 55.1 Å². The van der Waals surface area contributed by atoms with Crippen molar-refractivity contribution >= 4 is 38.3 Å². The minimum Gasteiger partial charge on any atom is -0.329 e. The number of hydrogen-bond acceptors (Lipinski definition) is 2. The zero-order chi connectivity index (χ0) is 14.9. The molecule has 3 N–H and O–H groups in total. The van der Waals surface area contributed by atoms with Crippen molar-refractivity contribution < 1.29 is 4.79 Å². The van der Waals surface area contributed by atoms with Gasteiger partial charge in [-0.1, -0.05) is 53.0 Å². The first-order valence-electron chi connectivity index (χ1n) is 7.35. The van der Waals surface area contributed by atoms with Crippen molar-refractivity contribution in [1.29, 1.82) is 0 Å². The molecule has 0 heterocycles. The average Bonchev–Trinajstić information content (AvgIpc) is 3.00. The van der Waals surface area contributed by atoms with Crippen LogP contribution in [0, 0.1) is 5.41 Å². The maximum absolute atomic E-state index is 12.7. The molecule has 0 saturated heterocycles. The normalized spacial score (nSPS) is 17.0. The number of amides is 1. The monoisotopic (exact) mass is 346 g/mol. The highest BCUT2D eigenvalue weighted by atomic mass is 79.9. The Hall–Kier alpha value is -1.39. The van der Waals surface area contributed by atoms with Crippen LogP contribution in [-0.4, -0.2) is 12.5 Å². The van der Waals surface area contributed by atoms with E-state index >= 15 is 0 Å². The number of hydrogen-bond donors (Lipinski definition) is 2. The van der Waals surface area contributed by atoms with Crippen molar-refractivity contribution in [3.05, 3.63) is 40.9 Å². The van der Waals surface area contributed by atoms with Gasteiger partial charge in [0.1, 0.15) is 0 Å². The predicted molar refractivity (Wildman–Crippen MR) is 90.2 cm³/mol. The van der Waals surface area contributed by atoms with Gasteiger partial charge in [0.2, 0.25) is 5.91 Å². The zero-order valence-electron chi connectivity index (χ0n) is 11.9. The molecule has 1 saturated carbocycles. The Bertz CT molecular complexity index is 678. The summed E-state index contributed by atoms with van der Waals surface area (Å²) in [6, 6.07) is 12.0. The van der Waals surface area contributed by atoms with Gasteiger partial charge in [0.25, 0.3) is 0 Å². The summed E-state index contributed by atoms with van der Waals surface area (Å²) in [4.78, 5) is 12.7. The summed E-state index contributed by atoms with van der Waals surface area (Å²) in [5.41, 5.74) is 6.37. The van der Waals surface area contributed by atoms with Crippen molar-refractivity contribution in [1.82, 2.24) is 0 Å². The summed E-state index contributed by atoms with van der Waals surface area (Å²) in [5, 5.41) is 5.25. The summed E-state index contributed by atoms with van der Waals surface area (Å²) in [6.07, 6.45) is 3.96. The van der Waals surface area contributed by atoms with Gasteiger partial charge in [-0.2, -0.15) is 0 Å². The van der Waals surface area contributed by atoms with Gasteiger partial charge in [0.05, 0.1) is 5.41 Å². The van der Waals surface area contributed by atoms with Crippen molar-refractivity contribution in [2.45, 2.75) is 25.7 Å². The molecule has 0 spiro atoms. The first kappa shape index (κ1) is 14.5. The van der Waals surface area contributed by atoms with Crippen LogP contribution in [0.3, 0.4) is 0 Å². The van der Waals surface area contributed by atoms with Gasteiger partial charge in [0.15, 0.2) is 0 Å². The second-order valence-electron chi connectivity index (χ2n) is 5.79. The van der Waals surface area contributed by atoms with E-state index in [9.17, 15) is 4.79 Å². The van der Waals surface area contributed by atoms with Crippen LogP contribution in [0.15, 0.2) is 40.9 Å². The Morgan fingerprint density at radius 2 is 1.81 bits per heavy atom. The lowest BCUT2D eigenvalue weighted by Gasteiger charge is -2.26. The molecule has 2 aromatic rings. The highest BCUT2D eigenvalue weighted by Crippen LogP contribution is 2.39. The van der Waals surface area contributed by atoms with E-state index in [1.165, 1.54) is 0 Å². The summed E-state index contributed by atoms with van der Waals surface area (Å²) < 4.78 is 1.03. The number of fused-ring (bicyclic) bond motifs is 1. The number of nitrogens with two attached hydrogens (primary N) is 1. The molecule has 4 heteroatoms. The van der Waals surface area contributed by atoms with E-state index in [1.807, 2.05) is 36.4 Å².